The molecule has 0 N–H and O–H groups in total. The maximum Gasteiger partial charge on any atom is 0.225 e. The minimum Gasteiger partial charge on any atom is -0.340 e. The van der Waals surface area contributed by atoms with E-state index in [-0.39, 0.29) is 12.0 Å². The molecule has 1 aromatic carbocycles. The van der Waals surface area contributed by atoms with Gasteiger partial charge in [-0.25, -0.2) is 9.67 Å². The third-order valence-corrected chi connectivity index (χ3v) is 7.08. The van der Waals surface area contributed by atoms with E-state index in [1.54, 1.807) is 22.2 Å². The summed E-state index contributed by atoms with van der Waals surface area (Å²) in [6.45, 7) is 1.56. The van der Waals surface area contributed by atoms with Gasteiger partial charge in [0.05, 0.1) is 23.6 Å². The van der Waals surface area contributed by atoms with Crippen molar-refractivity contribution in [3.05, 3.63) is 46.7 Å². The van der Waals surface area contributed by atoms with E-state index in [2.05, 4.69) is 25.2 Å². The normalized spacial score (nSPS) is 20.4. The highest BCUT2D eigenvalue weighted by atomic mass is 32.1. The first-order chi connectivity index (χ1) is 14.7. The van der Waals surface area contributed by atoms with Gasteiger partial charge in [0.1, 0.15) is 5.69 Å². The van der Waals surface area contributed by atoms with Gasteiger partial charge in [-0.1, -0.05) is 36.3 Å². The van der Waals surface area contributed by atoms with Crippen molar-refractivity contribution in [1.29, 1.82) is 0 Å². The van der Waals surface area contributed by atoms with Gasteiger partial charge < -0.3 is 9.47 Å². The number of carbonyl (C=O) groups excluding carboxylic acids is 1. The van der Waals surface area contributed by atoms with Crippen LogP contribution in [0, 0.1) is 5.92 Å². The van der Waals surface area contributed by atoms with Crippen molar-refractivity contribution in [2.24, 2.45) is 18.0 Å². The molecule has 3 heterocycles. The molecule has 1 unspecified atom stereocenters. The van der Waals surface area contributed by atoms with Crippen LogP contribution in [0.3, 0.4) is 0 Å². The Labute approximate surface area is 179 Å². The van der Waals surface area contributed by atoms with Crippen LogP contribution in [-0.4, -0.2) is 43.5 Å². The monoisotopic (exact) mass is 422 g/mol. The molecule has 2 fully saturated rings. The summed E-state index contributed by atoms with van der Waals surface area (Å²) in [5, 5.41) is 10.3. The van der Waals surface area contributed by atoms with Gasteiger partial charge in [0.2, 0.25) is 5.91 Å². The van der Waals surface area contributed by atoms with Crippen LogP contribution in [0.2, 0.25) is 0 Å². The zero-order valence-corrected chi connectivity index (χ0v) is 18.0. The van der Waals surface area contributed by atoms with Crippen LogP contribution >= 0.6 is 11.3 Å². The highest BCUT2D eigenvalue weighted by molar-refractivity contribution is 7.07. The lowest BCUT2D eigenvalue weighted by Gasteiger charge is -2.21. The van der Waals surface area contributed by atoms with E-state index in [1.807, 2.05) is 37.4 Å². The molecule has 0 bridgehead atoms. The molecule has 0 radical (unpaired) electrons. The Morgan fingerprint density at radius 2 is 1.93 bits per heavy atom. The second kappa shape index (κ2) is 8.18. The number of aromatic nitrogens is 4. The van der Waals surface area contributed by atoms with E-state index in [0.717, 1.165) is 54.2 Å². The van der Waals surface area contributed by atoms with Crippen molar-refractivity contribution in [2.75, 3.05) is 13.1 Å². The average molecular weight is 423 g/mol. The fourth-order valence-electron chi connectivity index (χ4n) is 4.66. The largest absolute Gasteiger partial charge is 0.340 e. The summed E-state index contributed by atoms with van der Waals surface area (Å²) in [5.74, 6) is 0.571. The van der Waals surface area contributed by atoms with Gasteiger partial charge >= 0.3 is 0 Å². The predicted molar refractivity (Wildman–Crippen MR) is 116 cm³/mol. The topological polar surface area (TPSA) is 68.3 Å². The highest BCUT2D eigenvalue weighted by Gasteiger charge is 2.34. The van der Waals surface area contributed by atoms with Crippen molar-refractivity contribution in [2.45, 2.75) is 38.1 Å². The molecule has 156 valence electrons. The van der Waals surface area contributed by atoms with Crippen LogP contribution in [0.5, 0.6) is 0 Å². The quantitative estimate of drug-likeness (QED) is 0.646. The first-order valence-electron chi connectivity index (χ1n) is 10.6. The second-order valence-electron chi connectivity index (χ2n) is 8.17. The number of hydrogen-bond acceptors (Lipinski definition) is 5. The molecule has 0 spiro atoms. The van der Waals surface area contributed by atoms with Gasteiger partial charge in [-0.3, -0.25) is 4.79 Å². The lowest BCUT2D eigenvalue weighted by Crippen LogP contribution is -2.34. The Hall–Kier alpha value is -2.74. The summed E-state index contributed by atoms with van der Waals surface area (Å²) in [6.07, 6.45) is 7.20. The van der Waals surface area contributed by atoms with Crippen molar-refractivity contribution >= 4 is 22.9 Å². The maximum absolute atomic E-state index is 13.0. The summed E-state index contributed by atoms with van der Waals surface area (Å²) in [7, 11) is 1.91. The number of thiazole rings is 1. The number of nitrogens with zero attached hydrogens (tertiary/aromatic N) is 6. The Bertz CT molecular complexity index is 1090. The molecule has 8 heteroatoms. The van der Waals surface area contributed by atoms with Crippen LogP contribution in [0.25, 0.3) is 11.4 Å². The lowest BCUT2D eigenvalue weighted by atomic mass is 10.1. The fourth-order valence-corrected chi connectivity index (χ4v) is 5.63. The molecule has 2 aliphatic rings. The number of aryl methyl sites for hydroxylation is 1. The zero-order valence-electron chi connectivity index (χ0n) is 17.1. The van der Waals surface area contributed by atoms with Gasteiger partial charge in [-0.05, 0) is 31.4 Å². The van der Waals surface area contributed by atoms with Gasteiger partial charge in [0.15, 0.2) is 4.80 Å². The number of rotatable bonds is 4. The molecule has 1 saturated heterocycles. The third-order valence-electron chi connectivity index (χ3n) is 6.24. The molecular weight excluding hydrogens is 396 g/mol. The smallest absolute Gasteiger partial charge is 0.225 e. The van der Waals surface area contributed by atoms with Crippen LogP contribution in [0.1, 0.15) is 38.1 Å². The van der Waals surface area contributed by atoms with Gasteiger partial charge in [-0.15, -0.1) is 16.4 Å². The molecule has 2 aromatic heterocycles. The van der Waals surface area contributed by atoms with Crippen LogP contribution in [-0.2, 0) is 11.8 Å². The van der Waals surface area contributed by atoms with Gasteiger partial charge in [0.25, 0.3) is 0 Å². The van der Waals surface area contributed by atoms with Gasteiger partial charge in [-0.2, -0.15) is 0 Å². The first kappa shape index (κ1) is 19.2. The number of hydrogen-bond donors (Lipinski definition) is 0. The molecule has 1 atom stereocenters. The number of likely N-dealkylation sites (tertiary alicyclic amines) is 1. The molecule has 30 heavy (non-hydrogen) atoms. The molecule has 1 aliphatic heterocycles. The number of para-hydroxylation sites is 1. The van der Waals surface area contributed by atoms with E-state index in [9.17, 15) is 4.79 Å². The summed E-state index contributed by atoms with van der Waals surface area (Å²) in [5.41, 5.74) is 2.95. The SMILES string of the molecule is Cn1nncc1-c1csc(=Nc2ccccc2)n1C1CCN(C(=O)C2CCCC2)C1. The van der Waals surface area contributed by atoms with Crippen LogP contribution in [0.15, 0.2) is 46.9 Å². The zero-order chi connectivity index (χ0) is 20.5. The van der Waals surface area contributed by atoms with Crippen molar-refractivity contribution in [1.82, 2.24) is 24.5 Å². The van der Waals surface area contributed by atoms with Crippen LogP contribution in [0.4, 0.5) is 5.69 Å². The Morgan fingerprint density at radius 3 is 2.67 bits per heavy atom. The minimum absolute atomic E-state index is 0.203. The summed E-state index contributed by atoms with van der Waals surface area (Å²) >= 11 is 1.62. The predicted octanol–water partition coefficient (Wildman–Crippen LogP) is 3.54. The van der Waals surface area contributed by atoms with E-state index < -0.39 is 0 Å². The van der Waals surface area contributed by atoms with E-state index in [4.69, 9.17) is 4.99 Å². The molecule has 5 rings (SSSR count). The standard InChI is InChI=1S/C22H26N6OS/c1-26-19(13-23-25-26)20-15-30-22(24-17-9-3-2-4-10-17)28(20)18-11-12-27(14-18)21(29)16-7-5-6-8-16/h2-4,9-10,13,15-16,18H,5-8,11-12,14H2,1H3. The molecule has 1 aliphatic carbocycles. The van der Waals surface area contributed by atoms with Crippen molar-refractivity contribution < 1.29 is 4.79 Å². The highest BCUT2D eigenvalue weighted by Crippen LogP contribution is 2.32. The molecular formula is C22H26N6OS. The number of amides is 1. The van der Waals surface area contributed by atoms with E-state index in [1.165, 1.54) is 12.8 Å². The van der Waals surface area contributed by atoms with Gasteiger partial charge in [0, 0.05) is 31.4 Å². The number of benzene rings is 1. The Balaban J connectivity index is 1.51. The third kappa shape index (κ3) is 3.60. The van der Waals surface area contributed by atoms with Crippen LogP contribution < -0.4 is 4.80 Å². The summed E-state index contributed by atoms with van der Waals surface area (Å²) in [6, 6.07) is 10.2. The van der Waals surface area contributed by atoms with E-state index in [0.29, 0.717) is 5.91 Å². The molecule has 1 saturated carbocycles. The molecule has 1 amide bonds. The number of carbonyl (C=O) groups is 1. The maximum atomic E-state index is 13.0. The first-order valence-corrected chi connectivity index (χ1v) is 11.5. The Morgan fingerprint density at radius 1 is 1.13 bits per heavy atom. The van der Waals surface area contributed by atoms with Crippen molar-refractivity contribution in [3.63, 3.8) is 0 Å². The summed E-state index contributed by atoms with van der Waals surface area (Å²) < 4.78 is 4.08. The van der Waals surface area contributed by atoms with E-state index >= 15 is 0 Å². The molecule has 3 aromatic rings. The fraction of sp³-hybridized carbons (Fsp3) is 0.455. The van der Waals surface area contributed by atoms with Crippen molar-refractivity contribution in [3.8, 4) is 11.4 Å². The lowest BCUT2D eigenvalue weighted by molar-refractivity contribution is -0.134. The molecule has 7 nitrogen and oxygen atoms in total. The summed E-state index contributed by atoms with van der Waals surface area (Å²) in [4.78, 5) is 20.9. The second-order valence-corrected chi connectivity index (χ2v) is 9.01. The minimum atomic E-state index is 0.203. The Kier molecular flexibility index (Phi) is 5.25. The average Bonchev–Trinajstić information content (AvgIpc) is 3.55.